The Morgan fingerprint density at radius 3 is 2.30 bits per heavy atom. The normalized spacial score (nSPS) is 15.9. The average Bonchev–Trinajstić information content (AvgIpc) is 3.09. The number of hydrogen-bond acceptors (Lipinski definition) is 3. The molecule has 1 aliphatic heterocycles. The van der Waals surface area contributed by atoms with E-state index in [1.165, 1.54) is 27.7 Å². The van der Waals surface area contributed by atoms with Crippen molar-refractivity contribution in [2.24, 2.45) is 7.05 Å². The molecule has 2 heterocycles. The zero-order chi connectivity index (χ0) is 20.5. The summed E-state index contributed by atoms with van der Waals surface area (Å²) in [4.78, 5) is 10.1. The van der Waals surface area contributed by atoms with Gasteiger partial charge < -0.3 is 9.47 Å². The molecule has 30 heavy (non-hydrogen) atoms. The van der Waals surface area contributed by atoms with Gasteiger partial charge in [-0.2, -0.15) is 0 Å². The Morgan fingerprint density at radius 2 is 1.53 bits per heavy atom. The number of fused-ring (bicyclic) bond motifs is 3. The lowest BCUT2D eigenvalue weighted by Gasteiger charge is -2.34. The van der Waals surface area contributed by atoms with Gasteiger partial charge in [0.2, 0.25) is 0 Å². The van der Waals surface area contributed by atoms with Crippen molar-refractivity contribution in [3.05, 3.63) is 76.5 Å². The molecule has 5 heteroatoms. The molecule has 0 saturated carbocycles. The maximum atomic E-state index is 4.97. The summed E-state index contributed by atoms with van der Waals surface area (Å²) in [6.45, 7) is 6.65. The van der Waals surface area contributed by atoms with Gasteiger partial charge in [-0.15, -0.1) is 0 Å². The van der Waals surface area contributed by atoms with E-state index in [1.807, 2.05) is 0 Å². The number of halogens is 1. The van der Waals surface area contributed by atoms with Gasteiger partial charge in [-0.25, -0.2) is 4.98 Å². The summed E-state index contributed by atoms with van der Waals surface area (Å²) in [5.74, 6) is 1.17. The molecule has 1 saturated heterocycles. The van der Waals surface area contributed by atoms with E-state index in [4.69, 9.17) is 4.98 Å². The molecule has 3 aromatic carbocycles. The van der Waals surface area contributed by atoms with Crippen LogP contribution in [0.25, 0.3) is 21.8 Å². The van der Waals surface area contributed by atoms with Crippen LogP contribution < -0.4 is 0 Å². The van der Waals surface area contributed by atoms with E-state index < -0.39 is 0 Å². The van der Waals surface area contributed by atoms with Crippen molar-refractivity contribution in [1.29, 1.82) is 0 Å². The molecule has 0 radical (unpaired) electrons. The second kappa shape index (κ2) is 8.50. The first-order chi connectivity index (χ1) is 14.7. The number of aromatic nitrogens is 2. The number of imidazole rings is 1. The van der Waals surface area contributed by atoms with E-state index >= 15 is 0 Å². The highest BCUT2D eigenvalue weighted by Gasteiger charge is 2.18. The predicted octanol–water partition coefficient (Wildman–Crippen LogP) is 4.85. The summed E-state index contributed by atoms with van der Waals surface area (Å²) >= 11 is 3.72. The molecule has 1 aliphatic rings. The first-order valence-corrected chi connectivity index (χ1v) is 11.5. The van der Waals surface area contributed by atoms with Gasteiger partial charge in [0, 0.05) is 62.6 Å². The Balaban J connectivity index is 1.25. The first kappa shape index (κ1) is 19.7. The molecule has 4 nitrogen and oxygen atoms in total. The lowest BCUT2D eigenvalue weighted by molar-refractivity contribution is 0.127. The van der Waals surface area contributed by atoms with E-state index in [0.29, 0.717) is 0 Å². The maximum absolute atomic E-state index is 4.97. The van der Waals surface area contributed by atoms with Crippen LogP contribution in [-0.4, -0.2) is 52.1 Å². The summed E-state index contributed by atoms with van der Waals surface area (Å²) in [5.41, 5.74) is 3.71. The highest BCUT2D eigenvalue weighted by atomic mass is 79.9. The van der Waals surface area contributed by atoms with Gasteiger partial charge in [0.1, 0.15) is 5.82 Å². The van der Waals surface area contributed by atoms with Crippen molar-refractivity contribution in [3.63, 3.8) is 0 Å². The quantitative estimate of drug-likeness (QED) is 0.423. The van der Waals surface area contributed by atoms with Gasteiger partial charge in [-0.3, -0.25) is 4.90 Å². The molecule has 0 spiro atoms. The van der Waals surface area contributed by atoms with Crippen LogP contribution >= 0.6 is 15.9 Å². The Bertz CT molecular complexity index is 1160. The molecule has 1 fully saturated rings. The summed E-state index contributed by atoms with van der Waals surface area (Å²) in [7, 11) is 2.16. The molecular weight excluding hydrogens is 436 g/mol. The van der Waals surface area contributed by atoms with Gasteiger partial charge in [0.15, 0.2) is 0 Å². The molecule has 0 bridgehead atoms. The monoisotopic (exact) mass is 462 g/mol. The van der Waals surface area contributed by atoms with Crippen LogP contribution in [-0.2, 0) is 20.0 Å². The standard InChI is InChI=1S/C25H27BrN4/c1-28-24(27-23-17-22(26)20-9-5-6-10-21(20)25(23)28)11-12-29-13-15-30(16-14-29)18-19-7-3-2-4-8-19/h2-10,17H,11-16,18H2,1H3. The van der Waals surface area contributed by atoms with Gasteiger partial charge in [0.05, 0.1) is 11.0 Å². The molecule has 1 aromatic heterocycles. The van der Waals surface area contributed by atoms with Gasteiger partial charge >= 0.3 is 0 Å². The molecule has 4 aromatic rings. The largest absolute Gasteiger partial charge is 0.331 e. The summed E-state index contributed by atoms with van der Waals surface area (Å²) in [5, 5.41) is 2.51. The lowest BCUT2D eigenvalue weighted by atomic mass is 10.1. The summed E-state index contributed by atoms with van der Waals surface area (Å²) < 4.78 is 3.40. The predicted molar refractivity (Wildman–Crippen MR) is 128 cm³/mol. The van der Waals surface area contributed by atoms with Crippen LogP contribution in [0, 0.1) is 0 Å². The third-order valence-electron chi connectivity index (χ3n) is 6.28. The van der Waals surface area contributed by atoms with Crippen molar-refractivity contribution in [2.45, 2.75) is 13.0 Å². The number of piperazine rings is 1. The number of nitrogens with zero attached hydrogens (tertiary/aromatic N) is 4. The third kappa shape index (κ3) is 3.89. The smallest absolute Gasteiger partial charge is 0.110 e. The van der Waals surface area contributed by atoms with Crippen LogP contribution in [0.15, 0.2) is 65.1 Å². The SMILES string of the molecule is Cn1c(CCN2CCN(Cc3ccccc3)CC2)nc2cc(Br)c3ccccc3c21. The summed E-state index contributed by atoms with van der Waals surface area (Å²) in [6.07, 6.45) is 0.982. The highest BCUT2D eigenvalue weighted by Crippen LogP contribution is 2.32. The van der Waals surface area contributed by atoms with Gasteiger partial charge in [-0.05, 0) is 17.0 Å². The van der Waals surface area contributed by atoms with Crippen LogP contribution in [0.5, 0.6) is 0 Å². The van der Waals surface area contributed by atoms with Crippen LogP contribution in [0.4, 0.5) is 0 Å². The number of hydrogen-bond donors (Lipinski definition) is 0. The van der Waals surface area contributed by atoms with Gasteiger partial charge in [0.25, 0.3) is 0 Å². The number of aryl methyl sites for hydroxylation is 1. The highest BCUT2D eigenvalue weighted by molar-refractivity contribution is 9.10. The number of benzene rings is 3. The van der Waals surface area contributed by atoms with E-state index in [-0.39, 0.29) is 0 Å². The minimum atomic E-state index is 0.982. The average molecular weight is 463 g/mol. The Kier molecular flexibility index (Phi) is 5.59. The number of rotatable bonds is 5. The second-order valence-corrected chi connectivity index (χ2v) is 9.07. The van der Waals surface area contributed by atoms with Crippen molar-refractivity contribution in [3.8, 4) is 0 Å². The fourth-order valence-electron chi connectivity index (χ4n) is 4.58. The van der Waals surface area contributed by atoms with E-state index in [9.17, 15) is 0 Å². The first-order valence-electron chi connectivity index (χ1n) is 10.7. The molecule has 154 valence electrons. The minimum absolute atomic E-state index is 0.982. The second-order valence-electron chi connectivity index (χ2n) is 8.21. The molecule has 5 rings (SSSR count). The van der Waals surface area contributed by atoms with E-state index in [2.05, 4.69) is 98.0 Å². The minimum Gasteiger partial charge on any atom is -0.331 e. The van der Waals surface area contributed by atoms with E-state index in [1.54, 1.807) is 0 Å². The van der Waals surface area contributed by atoms with Crippen molar-refractivity contribution >= 4 is 37.7 Å². The van der Waals surface area contributed by atoms with Crippen LogP contribution in [0.2, 0.25) is 0 Å². The molecule has 0 aliphatic carbocycles. The molecule has 0 amide bonds. The fourth-order valence-corrected chi connectivity index (χ4v) is 5.14. The zero-order valence-electron chi connectivity index (χ0n) is 17.4. The zero-order valence-corrected chi connectivity index (χ0v) is 19.0. The third-order valence-corrected chi connectivity index (χ3v) is 6.94. The molecule has 0 N–H and O–H groups in total. The summed E-state index contributed by atoms with van der Waals surface area (Å²) in [6, 6.07) is 21.5. The topological polar surface area (TPSA) is 24.3 Å². The van der Waals surface area contributed by atoms with Crippen molar-refractivity contribution in [2.75, 3.05) is 32.7 Å². The Morgan fingerprint density at radius 1 is 0.867 bits per heavy atom. The Hall–Kier alpha value is -2.21. The van der Waals surface area contributed by atoms with Crippen molar-refractivity contribution in [1.82, 2.24) is 19.4 Å². The van der Waals surface area contributed by atoms with Gasteiger partial charge in [-0.1, -0.05) is 70.5 Å². The van der Waals surface area contributed by atoms with Crippen molar-refractivity contribution < 1.29 is 0 Å². The van der Waals surface area contributed by atoms with Crippen LogP contribution in [0.3, 0.4) is 0 Å². The maximum Gasteiger partial charge on any atom is 0.110 e. The molecular formula is C25H27BrN4. The molecule has 0 atom stereocenters. The van der Waals surface area contributed by atoms with E-state index in [0.717, 1.165) is 55.7 Å². The van der Waals surface area contributed by atoms with Crippen LogP contribution in [0.1, 0.15) is 11.4 Å². The lowest BCUT2D eigenvalue weighted by Crippen LogP contribution is -2.46. The Labute approximate surface area is 186 Å². The fraction of sp³-hybridized carbons (Fsp3) is 0.320. The molecule has 0 unspecified atom stereocenters.